The van der Waals surface area contributed by atoms with Crippen LogP contribution in [-0.4, -0.2) is 42.2 Å². The van der Waals surface area contributed by atoms with Gasteiger partial charge in [0.2, 0.25) is 5.91 Å². The predicted octanol–water partition coefficient (Wildman–Crippen LogP) is 4.31. The average Bonchev–Trinajstić information content (AvgIpc) is 3.16. The van der Waals surface area contributed by atoms with Crippen LogP contribution in [0, 0.1) is 0 Å². The third-order valence-corrected chi connectivity index (χ3v) is 6.07. The van der Waals surface area contributed by atoms with Crippen molar-refractivity contribution in [2.45, 2.75) is 37.8 Å². The molecule has 3 rings (SSSR count). The Morgan fingerprint density at radius 1 is 1.10 bits per heavy atom. The van der Waals surface area contributed by atoms with Crippen molar-refractivity contribution in [2.24, 2.45) is 4.99 Å². The van der Waals surface area contributed by atoms with Crippen LogP contribution in [0.15, 0.2) is 58.4 Å². The molecule has 0 spiro atoms. The van der Waals surface area contributed by atoms with Gasteiger partial charge in [0.15, 0.2) is 5.96 Å². The molecule has 0 bridgehead atoms. The molecule has 0 radical (unpaired) electrons. The summed E-state index contributed by atoms with van der Waals surface area (Å²) in [7, 11) is 0. The molecule has 0 aromatic heterocycles. The van der Waals surface area contributed by atoms with Crippen molar-refractivity contribution in [3.8, 4) is 0 Å². The number of thioether (sulfide) groups is 1. The van der Waals surface area contributed by atoms with E-state index in [1.54, 1.807) is 11.8 Å². The number of hydrogen-bond donors (Lipinski definition) is 2. The standard InChI is InChI=1S/C23H29ClN4OS/c1-2-25-23(26-13-15-30-21-11-9-20(24)10-12-21)27-16-18-5-7-19(8-6-18)17-28-14-3-4-22(28)29/h5-12H,2-4,13-17H2,1H3,(H2,25,26,27). The highest BCUT2D eigenvalue weighted by Gasteiger charge is 2.19. The molecule has 2 aromatic rings. The van der Waals surface area contributed by atoms with Gasteiger partial charge in [0.1, 0.15) is 0 Å². The maximum absolute atomic E-state index is 11.8. The lowest BCUT2D eigenvalue weighted by atomic mass is 10.1. The Morgan fingerprint density at radius 3 is 2.50 bits per heavy atom. The van der Waals surface area contributed by atoms with E-state index in [9.17, 15) is 4.79 Å². The molecule has 1 aliphatic rings. The van der Waals surface area contributed by atoms with Crippen LogP contribution in [0.2, 0.25) is 5.02 Å². The zero-order chi connectivity index (χ0) is 21.2. The summed E-state index contributed by atoms with van der Waals surface area (Å²) >= 11 is 7.71. The van der Waals surface area contributed by atoms with Crippen LogP contribution < -0.4 is 10.6 Å². The van der Waals surface area contributed by atoms with Gasteiger partial charge >= 0.3 is 0 Å². The Morgan fingerprint density at radius 2 is 1.83 bits per heavy atom. The molecule has 160 valence electrons. The first-order valence-corrected chi connectivity index (χ1v) is 11.8. The number of rotatable bonds is 9. The van der Waals surface area contributed by atoms with Crippen molar-refractivity contribution in [1.82, 2.24) is 15.5 Å². The molecule has 1 amide bonds. The van der Waals surface area contributed by atoms with Gasteiger partial charge in [-0.1, -0.05) is 35.9 Å². The quantitative estimate of drug-likeness (QED) is 0.262. The molecule has 0 unspecified atom stereocenters. The third kappa shape index (κ3) is 7.26. The van der Waals surface area contributed by atoms with E-state index < -0.39 is 0 Å². The zero-order valence-corrected chi connectivity index (χ0v) is 18.9. The van der Waals surface area contributed by atoms with Crippen molar-refractivity contribution in [2.75, 3.05) is 25.4 Å². The lowest BCUT2D eigenvalue weighted by molar-refractivity contribution is -0.128. The number of guanidine groups is 1. The lowest BCUT2D eigenvalue weighted by Gasteiger charge is -2.15. The van der Waals surface area contributed by atoms with Gasteiger partial charge in [-0.2, -0.15) is 0 Å². The Bertz CT molecular complexity index is 839. The van der Waals surface area contributed by atoms with Gasteiger partial charge < -0.3 is 15.5 Å². The van der Waals surface area contributed by atoms with E-state index in [0.717, 1.165) is 48.4 Å². The van der Waals surface area contributed by atoms with Crippen LogP contribution in [0.25, 0.3) is 0 Å². The van der Waals surface area contributed by atoms with Gasteiger partial charge in [-0.3, -0.25) is 4.79 Å². The molecule has 7 heteroatoms. The molecule has 0 saturated carbocycles. The summed E-state index contributed by atoms with van der Waals surface area (Å²) in [6, 6.07) is 16.3. The van der Waals surface area contributed by atoms with Gasteiger partial charge in [0.25, 0.3) is 0 Å². The fraction of sp³-hybridized carbons (Fsp3) is 0.391. The summed E-state index contributed by atoms with van der Waals surface area (Å²) in [6.07, 6.45) is 1.66. The highest BCUT2D eigenvalue weighted by molar-refractivity contribution is 7.99. The molecule has 1 saturated heterocycles. The number of amides is 1. The van der Waals surface area contributed by atoms with E-state index >= 15 is 0 Å². The number of benzene rings is 2. The first-order valence-electron chi connectivity index (χ1n) is 10.4. The molecular weight excluding hydrogens is 416 g/mol. The largest absolute Gasteiger partial charge is 0.357 e. The van der Waals surface area contributed by atoms with Crippen LogP contribution in [0.4, 0.5) is 0 Å². The average molecular weight is 445 g/mol. The maximum Gasteiger partial charge on any atom is 0.222 e. The fourth-order valence-corrected chi connectivity index (χ4v) is 4.12. The van der Waals surface area contributed by atoms with E-state index in [1.807, 2.05) is 29.2 Å². The van der Waals surface area contributed by atoms with Crippen LogP contribution in [0.1, 0.15) is 30.9 Å². The highest BCUT2D eigenvalue weighted by atomic mass is 35.5. The van der Waals surface area contributed by atoms with Gasteiger partial charge in [-0.05, 0) is 48.7 Å². The molecule has 2 N–H and O–H groups in total. The lowest BCUT2D eigenvalue weighted by Crippen LogP contribution is -2.38. The highest BCUT2D eigenvalue weighted by Crippen LogP contribution is 2.19. The van der Waals surface area contributed by atoms with E-state index in [1.165, 1.54) is 10.5 Å². The van der Waals surface area contributed by atoms with Gasteiger partial charge in [-0.25, -0.2) is 4.99 Å². The number of aliphatic imine (C=N–C) groups is 1. The Labute approximate surface area is 188 Å². The van der Waals surface area contributed by atoms with Crippen molar-refractivity contribution in [3.63, 3.8) is 0 Å². The van der Waals surface area contributed by atoms with E-state index in [-0.39, 0.29) is 5.91 Å². The molecule has 1 heterocycles. The van der Waals surface area contributed by atoms with E-state index in [2.05, 4.69) is 46.8 Å². The second kappa shape index (κ2) is 11.9. The molecule has 0 aliphatic carbocycles. The molecule has 0 atom stereocenters. The summed E-state index contributed by atoms with van der Waals surface area (Å²) in [4.78, 5) is 19.6. The Kier molecular flexibility index (Phi) is 8.90. The first kappa shape index (κ1) is 22.5. The number of likely N-dealkylation sites (tertiary alicyclic amines) is 1. The molecule has 1 aliphatic heterocycles. The summed E-state index contributed by atoms with van der Waals surface area (Å²) in [5.74, 6) is 2.02. The molecule has 1 fully saturated rings. The Hall–Kier alpha value is -2.18. The second-order valence-corrected chi connectivity index (χ2v) is 8.76. The summed E-state index contributed by atoms with van der Waals surface area (Å²) in [5.41, 5.74) is 2.32. The number of nitrogens with one attached hydrogen (secondary N) is 2. The summed E-state index contributed by atoms with van der Waals surface area (Å²) < 4.78 is 0. The number of carbonyl (C=O) groups is 1. The monoisotopic (exact) mass is 444 g/mol. The third-order valence-electron chi connectivity index (χ3n) is 4.81. The van der Waals surface area contributed by atoms with Crippen LogP contribution in [0.3, 0.4) is 0 Å². The minimum Gasteiger partial charge on any atom is -0.357 e. The van der Waals surface area contributed by atoms with Crippen LogP contribution in [0.5, 0.6) is 0 Å². The minimum atomic E-state index is 0.263. The molecule has 30 heavy (non-hydrogen) atoms. The zero-order valence-electron chi connectivity index (χ0n) is 17.4. The summed E-state index contributed by atoms with van der Waals surface area (Å²) in [6.45, 7) is 5.90. The molecule has 5 nitrogen and oxygen atoms in total. The van der Waals surface area contributed by atoms with Gasteiger partial charge in [0.05, 0.1) is 6.54 Å². The van der Waals surface area contributed by atoms with Crippen molar-refractivity contribution in [3.05, 3.63) is 64.7 Å². The van der Waals surface area contributed by atoms with Crippen LogP contribution in [-0.2, 0) is 17.9 Å². The number of carbonyl (C=O) groups excluding carboxylic acids is 1. The normalized spacial score (nSPS) is 14.3. The smallest absolute Gasteiger partial charge is 0.222 e. The van der Waals surface area contributed by atoms with Crippen molar-refractivity contribution >= 4 is 35.2 Å². The fourth-order valence-electron chi connectivity index (χ4n) is 3.22. The minimum absolute atomic E-state index is 0.263. The number of halogens is 1. The maximum atomic E-state index is 11.8. The van der Waals surface area contributed by atoms with E-state index in [4.69, 9.17) is 11.6 Å². The summed E-state index contributed by atoms with van der Waals surface area (Å²) in [5, 5.41) is 7.44. The predicted molar refractivity (Wildman–Crippen MR) is 126 cm³/mol. The van der Waals surface area contributed by atoms with Gasteiger partial charge in [0, 0.05) is 48.3 Å². The van der Waals surface area contributed by atoms with E-state index in [0.29, 0.717) is 19.5 Å². The van der Waals surface area contributed by atoms with Crippen LogP contribution >= 0.6 is 23.4 Å². The molecular formula is C23H29ClN4OS. The Balaban J connectivity index is 1.45. The number of hydrogen-bond acceptors (Lipinski definition) is 3. The first-order chi connectivity index (χ1) is 14.6. The second-order valence-electron chi connectivity index (χ2n) is 7.16. The topological polar surface area (TPSA) is 56.7 Å². The number of nitrogens with zero attached hydrogens (tertiary/aromatic N) is 2. The SMILES string of the molecule is CCNC(=NCc1ccc(CN2CCCC2=O)cc1)NCCSc1ccc(Cl)cc1. The van der Waals surface area contributed by atoms with Crippen molar-refractivity contribution < 1.29 is 4.79 Å². The molecule has 2 aromatic carbocycles. The van der Waals surface area contributed by atoms with Crippen molar-refractivity contribution in [1.29, 1.82) is 0 Å². The van der Waals surface area contributed by atoms with Gasteiger partial charge in [-0.15, -0.1) is 11.8 Å².